The molecule has 1 amide bonds. The lowest BCUT2D eigenvalue weighted by Crippen LogP contribution is -2.15. The first-order valence-corrected chi connectivity index (χ1v) is 7.92. The van der Waals surface area contributed by atoms with Gasteiger partial charge in [0.25, 0.3) is 5.91 Å². The van der Waals surface area contributed by atoms with Crippen LogP contribution in [0.15, 0.2) is 30.5 Å². The molecule has 0 radical (unpaired) electrons. The fourth-order valence-corrected chi connectivity index (χ4v) is 1.78. The molecule has 1 N–H and O–H groups in total. The van der Waals surface area contributed by atoms with Gasteiger partial charge in [0.1, 0.15) is 0 Å². The summed E-state index contributed by atoms with van der Waals surface area (Å²) in [5.41, 5.74) is 0.438. The van der Waals surface area contributed by atoms with Crippen LogP contribution in [0.5, 0.6) is 11.8 Å². The summed E-state index contributed by atoms with van der Waals surface area (Å²) in [6, 6.07) is 6.51. The van der Waals surface area contributed by atoms with E-state index in [0.717, 1.165) is 6.42 Å². The van der Waals surface area contributed by atoms with E-state index in [9.17, 15) is 4.79 Å². The van der Waals surface area contributed by atoms with E-state index in [1.807, 2.05) is 27.7 Å². The highest BCUT2D eigenvalue weighted by Gasteiger charge is 2.11. The van der Waals surface area contributed by atoms with Crippen LogP contribution < -0.4 is 14.8 Å². The van der Waals surface area contributed by atoms with E-state index in [1.165, 1.54) is 6.20 Å². The molecule has 0 bridgehead atoms. The van der Waals surface area contributed by atoms with E-state index >= 15 is 0 Å². The smallest absolute Gasteiger partial charge is 0.257 e. The maximum absolute atomic E-state index is 12.3. The molecule has 2 heterocycles. The largest absolute Gasteiger partial charge is 0.475 e. The van der Waals surface area contributed by atoms with Crippen molar-refractivity contribution >= 4 is 11.7 Å². The van der Waals surface area contributed by atoms with Crippen LogP contribution in [0.2, 0.25) is 0 Å². The number of nitrogens with zero attached hydrogens (tertiary/aromatic N) is 3. The van der Waals surface area contributed by atoms with Gasteiger partial charge in [0, 0.05) is 23.9 Å². The van der Waals surface area contributed by atoms with Gasteiger partial charge in [-0.15, -0.1) is 10.2 Å². The molecule has 0 aliphatic carbocycles. The normalized spacial score (nSPS) is 11.9. The predicted molar refractivity (Wildman–Crippen MR) is 90.4 cm³/mol. The van der Waals surface area contributed by atoms with Crippen LogP contribution in [0.3, 0.4) is 0 Å². The third-order valence-corrected chi connectivity index (χ3v) is 3.13. The Balaban J connectivity index is 2.02. The number of ether oxygens (including phenoxy) is 2. The van der Waals surface area contributed by atoms with Gasteiger partial charge in [-0.1, -0.05) is 6.92 Å². The lowest BCUT2D eigenvalue weighted by molar-refractivity contribution is 0.102. The van der Waals surface area contributed by atoms with Crippen LogP contribution in [0.1, 0.15) is 44.5 Å². The molecular weight excluding hydrogens is 308 g/mol. The molecule has 0 aliphatic rings. The molecule has 7 heteroatoms. The van der Waals surface area contributed by atoms with Crippen molar-refractivity contribution in [2.75, 3.05) is 5.32 Å². The molecule has 0 saturated heterocycles. The summed E-state index contributed by atoms with van der Waals surface area (Å²) in [7, 11) is 0. The third kappa shape index (κ3) is 5.19. The summed E-state index contributed by atoms with van der Waals surface area (Å²) in [6.45, 7) is 7.77. The molecule has 0 aromatic carbocycles. The van der Waals surface area contributed by atoms with Crippen molar-refractivity contribution in [3.8, 4) is 11.8 Å². The lowest BCUT2D eigenvalue weighted by atomic mass is 10.2. The Morgan fingerprint density at radius 1 is 1.12 bits per heavy atom. The number of amides is 1. The number of hydrogen-bond acceptors (Lipinski definition) is 6. The summed E-state index contributed by atoms with van der Waals surface area (Å²) in [6.07, 6.45) is 2.45. The van der Waals surface area contributed by atoms with E-state index in [0.29, 0.717) is 23.1 Å². The molecule has 0 spiro atoms. The first-order chi connectivity index (χ1) is 11.5. The molecular formula is C17H22N4O3. The maximum atomic E-state index is 12.3. The van der Waals surface area contributed by atoms with Gasteiger partial charge >= 0.3 is 0 Å². The Bertz CT molecular complexity index is 674. The Morgan fingerprint density at radius 3 is 2.54 bits per heavy atom. The molecule has 2 aromatic heterocycles. The number of hydrogen-bond donors (Lipinski definition) is 1. The van der Waals surface area contributed by atoms with Gasteiger partial charge in [-0.25, -0.2) is 4.98 Å². The van der Waals surface area contributed by atoms with E-state index < -0.39 is 0 Å². The van der Waals surface area contributed by atoms with Crippen molar-refractivity contribution in [2.24, 2.45) is 0 Å². The zero-order valence-corrected chi connectivity index (χ0v) is 14.3. The number of carbonyl (C=O) groups is 1. The molecule has 7 nitrogen and oxygen atoms in total. The van der Waals surface area contributed by atoms with Crippen molar-refractivity contribution < 1.29 is 14.3 Å². The first kappa shape index (κ1) is 17.7. The van der Waals surface area contributed by atoms with Crippen molar-refractivity contribution in [3.63, 3.8) is 0 Å². The van der Waals surface area contributed by atoms with Crippen LogP contribution in [0, 0.1) is 0 Å². The van der Waals surface area contributed by atoms with Gasteiger partial charge in [0.15, 0.2) is 5.82 Å². The average Bonchev–Trinajstić information content (AvgIpc) is 2.56. The molecule has 2 rings (SSSR count). The summed E-state index contributed by atoms with van der Waals surface area (Å²) in [5, 5.41) is 10.5. The molecule has 2 aromatic rings. The molecule has 0 unspecified atom stereocenters. The Kier molecular flexibility index (Phi) is 6.06. The number of aromatic nitrogens is 3. The number of carbonyl (C=O) groups excluding carboxylic acids is 1. The van der Waals surface area contributed by atoms with Crippen LogP contribution in [0.4, 0.5) is 5.82 Å². The monoisotopic (exact) mass is 330 g/mol. The minimum Gasteiger partial charge on any atom is -0.475 e. The van der Waals surface area contributed by atoms with Crippen molar-refractivity contribution in [3.05, 3.63) is 36.0 Å². The highest BCUT2D eigenvalue weighted by molar-refractivity contribution is 6.03. The highest BCUT2D eigenvalue weighted by Crippen LogP contribution is 2.15. The SMILES string of the molecule is CC[C@H](C)Oc1cc(C(=O)Nc2ccc(OC(C)C)nn2)ccn1. The predicted octanol–water partition coefficient (Wildman–Crippen LogP) is 3.09. The zero-order valence-electron chi connectivity index (χ0n) is 14.3. The van der Waals surface area contributed by atoms with E-state index in [1.54, 1.807) is 24.3 Å². The third-order valence-electron chi connectivity index (χ3n) is 3.13. The van der Waals surface area contributed by atoms with Crippen LogP contribution in [-0.2, 0) is 0 Å². The van der Waals surface area contributed by atoms with E-state index in [4.69, 9.17) is 9.47 Å². The second-order valence-electron chi connectivity index (χ2n) is 5.60. The minimum absolute atomic E-state index is 0.0143. The van der Waals surface area contributed by atoms with E-state index in [-0.39, 0.29) is 18.1 Å². The number of anilines is 1. The first-order valence-electron chi connectivity index (χ1n) is 7.92. The fourth-order valence-electron chi connectivity index (χ4n) is 1.78. The lowest BCUT2D eigenvalue weighted by Gasteiger charge is -2.12. The highest BCUT2D eigenvalue weighted by atomic mass is 16.5. The number of rotatable bonds is 7. The summed E-state index contributed by atoms with van der Waals surface area (Å²) >= 11 is 0. The van der Waals surface area contributed by atoms with Crippen molar-refractivity contribution in [1.29, 1.82) is 0 Å². The summed E-state index contributed by atoms with van der Waals surface area (Å²) < 4.78 is 11.0. The van der Waals surface area contributed by atoms with Gasteiger partial charge < -0.3 is 14.8 Å². The molecule has 1 atom stereocenters. The quantitative estimate of drug-likeness (QED) is 0.839. The molecule has 24 heavy (non-hydrogen) atoms. The summed E-state index contributed by atoms with van der Waals surface area (Å²) in [4.78, 5) is 16.4. The Labute approximate surface area is 141 Å². The average molecular weight is 330 g/mol. The van der Waals surface area contributed by atoms with Crippen molar-refractivity contribution in [1.82, 2.24) is 15.2 Å². The van der Waals surface area contributed by atoms with Crippen molar-refractivity contribution in [2.45, 2.75) is 46.3 Å². The van der Waals surface area contributed by atoms with Crippen LogP contribution >= 0.6 is 0 Å². The topological polar surface area (TPSA) is 86.2 Å². The number of pyridine rings is 1. The van der Waals surface area contributed by atoms with Gasteiger partial charge in [-0.3, -0.25) is 4.79 Å². The molecule has 128 valence electrons. The Morgan fingerprint density at radius 2 is 1.92 bits per heavy atom. The van der Waals surface area contributed by atoms with Gasteiger partial charge in [0.05, 0.1) is 12.2 Å². The maximum Gasteiger partial charge on any atom is 0.257 e. The van der Waals surface area contributed by atoms with Gasteiger partial charge in [0.2, 0.25) is 11.8 Å². The van der Waals surface area contributed by atoms with Crippen LogP contribution in [-0.4, -0.2) is 33.3 Å². The second-order valence-corrected chi connectivity index (χ2v) is 5.60. The van der Waals surface area contributed by atoms with Gasteiger partial charge in [-0.05, 0) is 39.3 Å². The standard InChI is InChI=1S/C17H22N4O3/c1-5-12(4)24-16-10-13(8-9-18-16)17(22)19-14-6-7-15(21-20-14)23-11(2)3/h6-12H,5H2,1-4H3,(H,19,20,22)/t12-/m0/s1. The zero-order chi connectivity index (χ0) is 17.5. The summed E-state index contributed by atoms with van der Waals surface area (Å²) in [5.74, 6) is 0.871. The van der Waals surface area contributed by atoms with E-state index in [2.05, 4.69) is 20.5 Å². The number of nitrogens with one attached hydrogen (secondary N) is 1. The second kappa shape index (κ2) is 8.24. The fraction of sp³-hybridized carbons (Fsp3) is 0.412. The van der Waals surface area contributed by atoms with Gasteiger partial charge in [-0.2, -0.15) is 0 Å². The minimum atomic E-state index is -0.307. The molecule has 0 saturated carbocycles. The Hall–Kier alpha value is -2.70. The molecule has 0 aliphatic heterocycles. The molecule has 0 fully saturated rings. The van der Waals surface area contributed by atoms with Crippen LogP contribution in [0.25, 0.3) is 0 Å².